The highest BCUT2D eigenvalue weighted by Gasteiger charge is 2.44. The van der Waals surface area contributed by atoms with E-state index in [1.807, 2.05) is 24.3 Å². The van der Waals surface area contributed by atoms with Gasteiger partial charge in [0.15, 0.2) is 0 Å². The molecule has 1 aromatic carbocycles. The molecule has 0 saturated carbocycles. The maximum absolute atomic E-state index is 13.2. The third-order valence-electron chi connectivity index (χ3n) is 4.98. The molecule has 4 atom stereocenters. The summed E-state index contributed by atoms with van der Waals surface area (Å²) in [6.07, 6.45) is -3.32. The molecule has 2 unspecified atom stereocenters. The Balaban J connectivity index is 1.67. The van der Waals surface area contributed by atoms with E-state index in [1.54, 1.807) is 13.8 Å². The van der Waals surface area contributed by atoms with E-state index in [0.717, 1.165) is 11.6 Å². The number of benzene rings is 1. The fraction of sp³-hybridized carbons (Fsp3) is 0.500. The van der Waals surface area contributed by atoms with Crippen LogP contribution in [0.1, 0.15) is 25.5 Å². The summed E-state index contributed by atoms with van der Waals surface area (Å²) in [5, 5.41) is 15.3. The zero-order valence-electron chi connectivity index (χ0n) is 16.5. The van der Waals surface area contributed by atoms with Crippen LogP contribution in [0, 0.1) is 5.92 Å². The Bertz CT molecular complexity index is 892. The van der Waals surface area contributed by atoms with Crippen LogP contribution in [0.15, 0.2) is 46.0 Å². The number of aliphatic imine (C=N–C) groups is 2. The summed E-state index contributed by atoms with van der Waals surface area (Å²) in [4.78, 5) is 8.81. The molecule has 3 aliphatic rings. The number of amidine groups is 1. The lowest BCUT2D eigenvalue weighted by Gasteiger charge is -2.34. The van der Waals surface area contributed by atoms with Crippen LogP contribution in [0.5, 0.6) is 5.75 Å². The van der Waals surface area contributed by atoms with Crippen LogP contribution in [-0.2, 0) is 4.74 Å². The first-order valence-corrected chi connectivity index (χ1v) is 9.59. The van der Waals surface area contributed by atoms with Gasteiger partial charge in [0.1, 0.15) is 42.2 Å². The molecule has 0 aliphatic carbocycles. The first kappa shape index (κ1) is 20.7. The highest BCUT2D eigenvalue weighted by Crippen LogP contribution is 2.38. The highest BCUT2D eigenvalue weighted by atomic mass is 19.4. The molecular weight excluding hydrogens is 401 g/mol. The number of hydrogen-bond donors (Lipinski definition) is 3. The van der Waals surface area contributed by atoms with Crippen molar-refractivity contribution in [3.8, 4) is 5.75 Å². The number of hydrogen-bond acceptors (Lipinski definition) is 6. The van der Waals surface area contributed by atoms with Gasteiger partial charge in [0, 0.05) is 5.56 Å². The average molecular weight is 424 g/mol. The molecule has 0 bridgehead atoms. The van der Waals surface area contributed by atoms with E-state index in [-0.39, 0.29) is 13.2 Å². The summed E-state index contributed by atoms with van der Waals surface area (Å²) in [7, 11) is 0. The van der Waals surface area contributed by atoms with Crippen LogP contribution in [0.4, 0.5) is 13.2 Å². The topological polar surface area (TPSA) is 87.5 Å². The van der Waals surface area contributed by atoms with Crippen molar-refractivity contribution in [1.82, 2.24) is 10.6 Å². The monoisotopic (exact) mass is 424 g/mol. The smallest absolute Gasteiger partial charge is 0.430 e. The lowest BCUT2D eigenvalue weighted by Crippen LogP contribution is -2.44. The van der Waals surface area contributed by atoms with E-state index in [0.29, 0.717) is 11.6 Å². The van der Waals surface area contributed by atoms with Gasteiger partial charge in [-0.2, -0.15) is 13.2 Å². The van der Waals surface area contributed by atoms with Crippen molar-refractivity contribution < 1.29 is 27.8 Å². The second kappa shape index (κ2) is 7.59. The summed E-state index contributed by atoms with van der Waals surface area (Å²) in [5.41, 5.74) is -1.10. The van der Waals surface area contributed by atoms with Crippen molar-refractivity contribution in [3.05, 3.63) is 41.6 Å². The Kier molecular flexibility index (Phi) is 5.23. The van der Waals surface area contributed by atoms with Gasteiger partial charge in [-0.25, -0.2) is 4.99 Å². The number of nitrogens with zero attached hydrogens (tertiary/aromatic N) is 2. The molecule has 0 radical (unpaired) electrons. The van der Waals surface area contributed by atoms with E-state index < -0.39 is 41.7 Å². The van der Waals surface area contributed by atoms with Crippen LogP contribution >= 0.6 is 0 Å². The SMILES string of the molecule is CC(C)(O)CO[C@H]1COc2ccccc2[C@@H]1N=C1NC=NC2NC(C(F)(F)F)=CC12. The van der Waals surface area contributed by atoms with Gasteiger partial charge in [0.25, 0.3) is 0 Å². The van der Waals surface area contributed by atoms with Gasteiger partial charge in [-0.1, -0.05) is 18.2 Å². The highest BCUT2D eigenvalue weighted by molar-refractivity contribution is 5.97. The number of halogens is 3. The summed E-state index contributed by atoms with van der Waals surface area (Å²) in [6, 6.07) is 6.82. The van der Waals surface area contributed by atoms with Crippen molar-refractivity contribution in [2.45, 2.75) is 43.9 Å². The van der Waals surface area contributed by atoms with E-state index >= 15 is 0 Å². The molecule has 0 fully saturated rings. The van der Waals surface area contributed by atoms with E-state index in [2.05, 4.69) is 15.6 Å². The molecular formula is C20H23F3N4O3. The normalized spacial score (nSPS) is 29.4. The van der Waals surface area contributed by atoms with Crippen LogP contribution in [0.2, 0.25) is 0 Å². The van der Waals surface area contributed by atoms with Crippen molar-refractivity contribution in [1.29, 1.82) is 0 Å². The molecule has 3 aliphatic heterocycles. The quantitative estimate of drug-likeness (QED) is 0.691. The molecule has 0 spiro atoms. The number of aliphatic hydroxyl groups is 1. The van der Waals surface area contributed by atoms with Gasteiger partial charge < -0.3 is 25.2 Å². The maximum Gasteiger partial charge on any atom is 0.430 e. The second-order valence-corrected chi connectivity index (χ2v) is 8.09. The van der Waals surface area contributed by atoms with Gasteiger partial charge in [-0.05, 0) is 26.0 Å². The number of para-hydroxylation sites is 1. The number of allylic oxidation sites excluding steroid dienone is 1. The van der Waals surface area contributed by atoms with Crippen molar-refractivity contribution in [2.24, 2.45) is 15.9 Å². The van der Waals surface area contributed by atoms with Crippen molar-refractivity contribution in [2.75, 3.05) is 13.2 Å². The molecule has 1 aromatic rings. The number of ether oxygens (including phenoxy) is 2. The van der Waals surface area contributed by atoms with E-state index in [4.69, 9.17) is 14.5 Å². The molecule has 4 rings (SSSR count). The molecule has 0 aromatic heterocycles. The standard InChI is InChI=1S/C20H23F3N4O3/c1-19(2,28)9-30-14-8-29-13-6-4-3-5-11(13)16(14)27-18-12-7-15(20(21,22)23)26-17(12)24-10-25-18/h3-7,10,12,14,16-17,26,28H,8-9H2,1-2H3,(H,24,25,27)/t12?,14-,16-,17?/m0/s1. The van der Waals surface area contributed by atoms with E-state index in [9.17, 15) is 18.3 Å². The van der Waals surface area contributed by atoms with Gasteiger partial charge in [-0.3, -0.25) is 4.99 Å². The Morgan fingerprint density at radius 1 is 1.30 bits per heavy atom. The third-order valence-corrected chi connectivity index (χ3v) is 4.98. The number of rotatable bonds is 4. The average Bonchev–Trinajstić information content (AvgIpc) is 3.12. The van der Waals surface area contributed by atoms with Gasteiger partial charge in [0.05, 0.1) is 24.5 Å². The number of nitrogens with one attached hydrogen (secondary N) is 2. The molecule has 7 nitrogen and oxygen atoms in total. The molecule has 3 heterocycles. The lowest BCUT2D eigenvalue weighted by atomic mass is 9.97. The molecule has 10 heteroatoms. The van der Waals surface area contributed by atoms with Gasteiger partial charge in [0.2, 0.25) is 0 Å². The fourth-order valence-electron chi connectivity index (χ4n) is 3.58. The van der Waals surface area contributed by atoms with E-state index in [1.165, 1.54) is 6.34 Å². The minimum atomic E-state index is -4.48. The summed E-state index contributed by atoms with van der Waals surface area (Å²) in [6.45, 7) is 3.52. The Labute approximate surface area is 171 Å². The van der Waals surface area contributed by atoms with Crippen LogP contribution in [0.25, 0.3) is 0 Å². The fourth-order valence-corrected chi connectivity index (χ4v) is 3.58. The predicted octanol–water partition coefficient (Wildman–Crippen LogP) is 2.30. The Hall–Kier alpha value is -2.59. The third kappa shape index (κ3) is 4.29. The molecule has 162 valence electrons. The largest absolute Gasteiger partial charge is 0.490 e. The van der Waals surface area contributed by atoms with Crippen LogP contribution in [-0.4, -0.2) is 54.5 Å². The molecule has 0 amide bonds. The molecule has 3 N–H and O–H groups in total. The summed E-state index contributed by atoms with van der Waals surface area (Å²) in [5.74, 6) is 0.323. The Morgan fingerprint density at radius 3 is 2.80 bits per heavy atom. The zero-order chi connectivity index (χ0) is 21.5. The van der Waals surface area contributed by atoms with Crippen molar-refractivity contribution in [3.63, 3.8) is 0 Å². The van der Waals surface area contributed by atoms with Crippen LogP contribution < -0.4 is 15.4 Å². The lowest BCUT2D eigenvalue weighted by molar-refractivity contribution is -0.0962. The summed E-state index contributed by atoms with van der Waals surface area (Å²) < 4.78 is 51.1. The number of alkyl halides is 3. The van der Waals surface area contributed by atoms with Crippen molar-refractivity contribution >= 4 is 12.2 Å². The molecule has 30 heavy (non-hydrogen) atoms. The van der Waals surface area contributed by atoms with Gasteiger partial charge in [-0.15, -0.1) is 0 Å². The minimum Gasteiger partial charge on any atom is -0.490 e. The molecule has 0 saturated heterocycles. The first-order valence-electron chi connectivity index (χ1n) is 9.59. The van der Waals surface area contributed by atoms with Gasteiger partial charge >= 0.3 is 6.18 Å². The number of fused-ring (bicyclic) bond motifs is 2. The van der Waals surface area contributed by atoms with Crippen LogP contribution in [0.3, 0.4) is 0 Å². The minimum absolute atomic E-state index is 0.0607. The first-order chi connectivity index (χ1) is 14.1. The summed E-state index contributed by atoms with van der Waals surface area (Å²) >= 11 is 0. The predicted molar refractivity (Wildman–Crippen MR) is 104 cm³/mol. The zero-order valence-corrected chi connectivity index (χ0v) is 16.5. The second-order valence-electron chi connectivity index (χ2n) is 8.09. The maximum atomic E-state index is 13.2. The Morgan fingerprint density at radius 2 is 2.07 bits per heavy atom.